The third-order valence-corrected chi connectivity index (χ3v) is 4.20. The van der Waals surface area contributed by atoms with Crippen LogP contribution >= 0.6 is 0 Å². The second-order valence-corrected chi connectivity index (χ2v) is 6.30. The van der Waals surface area contributed by atoms with E-state index in [1.54, 1.807) is 0 Å². The Morgan fingerprint density at radius 2 is 1.94 bits per heavy atom. The van der Waals surface area contributed by atoms with Gasteiger partial charge in [-0.15, -0.1) is 0 Å². The van der Waals surface area contributed by atoms with Gasteiger partial charge in [0.05, 0.1) is 12.2 Å². The summed E-state index contributed by atoms with van der Waals surface area (Å²) in [6.07, 6.45) is 3.38. The number of piperidine rings is 1. The van der Waals surface area contributed by atoms with Crippen molar-refractivity contribution in [3.63, 3.8) is 0 Å². The van der Waals surface area contributed by atoms with E-state index in [9.17, 15) is 4.79 Å². The van der Waals surface area contributed by atoms with Gasteiger partial charge in [-0.3, -0.25) is 10.1 Å². The molecule has 0 aromatic rings. The van der Waals surface area contributed by atoms with Crippen molar-refractivity contribution in [2.45, 2.75) is 58.3 Å². The monoisotopic (exact) mass is 253 g/mol. The zero-order valence-electron chi connectivity index (χ0n) is 12.1. The highest BCUT2D eigenvalue weighted by Crippen LogP contribution is 2.24. The Morgan fingerprint density at radius 3 is 2.50 bits per heavy atom. The Bertz CT molecular complexity index is 297. The molecule has 2 aliphatic rings. The number of likely N-dealkylation sites (tertiary alicyclic amines) is 1. The van der Waals surface area contributed by atoms with Gasteiger partial charge in [0.25, 0.3) is 0 Å². The number of carbonyl (C=O) groups excluding carboxylic acids is 1. The lowest BCUT2D eigenvalue weighted by Crippen LogP contribution is -2.48. The van der Waals surface area contributed by atoms with Crippen LogP contribution in [0.1, 0.15) is 40.0 Å². The zero-order chi connectivity index (χ0) is 13.3. The van der Waals surface area contributed by atoms with Gasteiger partial charge in [0.2, 0.25) is 5.91 Å². The predicted octanol–water partition coefficient (Wildman–Crippen LogP) is 1.27. The maximum atomic E-state index is 12.5. The maximum absolute atomic E-state index is 12.5. The molecule has 0 aromatic heterocycles. The number of hydrogen-bond acceptors (Lipinski definition) is 3. The Morgan fingerprint density at radius 1 is 1.33 bits per heavy atom. The summed E-state index contributed by atoms with van der Waals surface area (Å²) in [7, 11) is 2.16. The van der Waals surface area contributed by atoms with Crippen LogP contribution in [-0.4, -0.2) is 54.1 Å². The molecule has 0 saturated carbocycles. The molecule has 2 heterocycles. The summed E-state index contributed by atoms with van der Waals surface area (Å²) in [6, 6.07) is 0.480. The quantitative estimate of drug-likeness (QED) is 0.823. The summed E-state index contributed by atoms with van der Waals surface area (Å²) in [4.78, 5) is 16.9. The molecule has 1 amide bonds. The molecule has 0 aliphatic carbocycles. The molecule has 0 spiro atoms. The minimum atomic E-state index is 0.0413. The molecule has 4 heteroatoms. The molecule has 104 valence electrons. The highest BCUT2D eigenvalue weighted by molar-refractivity contribution is 5.84. The predicted molar refractivity (Wildman–Crippen MR) is 73.2 cm³/mol. The number of carbonyl (C=O) groups is 1. The molecule has 18 heavy (non-hydrogen) atoms. The minimum Gasteiger partial charge on any atom is -0.323 e. The van der Waals surface area contributed by atoms with Crippen LogP contribution in [0.25, 0.3) is 0 Å². The number of amides is 1. The molecule has 2 saturated heterocycles. The average molecular weight is 253 g/mol. The smallest absolute Gasteiger partial charge is 0.241 e. The second-order valence-electron chi connectivity index (χ2n) is 6.30. The number of hydrogen-bond donors (Lipinski definition) is 1. The van der Waals surface area contributed by atoms with Crippen molar-refractivity contribution < 1.29 is 4.79 Å². The van der Waals surface area contributed by atoms with Gasteiger partial charge in [0.1, 0.15) is 0 Å². The van der Waals surface area contributed by atoms with Crippen LogP contribution in [0.4, 0.5) is 0 Å². The summed E-state index contributed by atoms with van der Waals surface area (Å²) in [5, 5.41) is 3.46. The van der Waals surface area contributed by atoms with Crippen LogP contribution in [-0.2, 0) is 4.79 Å². The molecule has 0 aromatic carbocycles. The molecule has 2 fully saturated rings. The van der Waals surface area contributed by atoms with Gasteiger partial charge >= 0.3 is 0 Å². The van der Waals surface area contributed by atoms with Crippen molar-refractivity contribution >= 4 is 5.91 Å². The van der Waals surface area contributed by atoms with Crippen LogP contribution < -0.4 is 5.32 Å². The fourth-order valence-corrected chi connectivity index (χ4v) is 3.22. The molecule has 2 aliphatic heterocycles. The zero-order valence-corrected chi connectivity index (χ0v) is 12.1. The van der Waals surface area contributed by atoms with Gasteiger partial charge in [-0.25, -0.2) is 0 Å². The third kappa shape index (κ3) is 2.86. The maximum Gasteiger partial charge on any atom is 0.241 e. The summed E-state index contributed by atoms with van der Waals surface area (Å²) in [6.45, 7) is 8.69. The first-order valence-corrected chi connectivity index (χ1v) is 7.25. The lowest BCUT2D eigenvalue weighted by molar-refractivity contribution is -0.133. The van der Waals surface area contributed by atoms with Gasteiger partial charge in [0.15, 0.2) is 0 Å². The lowest BCUT2D eigenvalue weighted by atomic mass is 10.0. The van der Waals surface area contributed by atoms with Crippen molar-refractivity contribution in [2.75, 3.05) is 20.1 Å². The van der Waals surface area contributed by atoms with E-state index in [-0.39, 0.29) is 12.2 Å². The van der Waals surface area contributed by atoms with Crippen LogP contribution in [0.5, 0.6) is 0 Å². The van der Waals surface area contributed by atoms with Gasteiger partial charge in [-0.2, -0.15) is 0 Å². The average Bonchev–Trinajstić information content (AvgIpc) is 2.55. The fraction of sp³-hybridized carbons (Fsp3) is 0.929. The summed E-state index contributed by atoms with van der Waals surface area (Å²) >= 11 is 0. The van der Waals surface area contributed by atoms with E-state index in [1.165, 1.54) is 0 Å². The van der Waals surface area contributed by atoms with E-state index in [1.807, 2.05) is 0 Å². The van der Waals surface area contributed by atoms with Gasteiger partial charge in [-0.1, -0.05) is 13.8 Å². The summed E-state index contributed by atoms with van der Waals surface area (Å²) < 4.78 is 0. The molecule has 1 N–H and O–H groups in total. The molecule has 2 rings (SSSR count). The van der Waals surface area contributed by atoms with E-state index in [0.717, 1.165) is 32.4 Å². The molecule has 0 radical (unpaired) electrons. The minimum absolute atomic E-state index is 0.0413. The molecular formula is C14H27N3O. The third-order valence-electron chi connectivity index (χ3n) is 4.20. The molecule has 2 atom stereocenters. The van der Waals surface area contributed by atoms with E-state index in [2.05, 4.69) is 42.9 Å². The SMILES string of the molecule is CC(C)CC1NC(C)N(C2CCN(C)CC2)C1=O. The van der Waals surface area contributed by atoms with E-state index >= 15 is 0 Å². The summed E-state index contributed by atoms with van der Waals surface area (Å²) in [5.74, 6) is 0.891. The van der Waals surface area contributed by atoms with Crippen molar-refractivity contribution in [2.24, 2.45) is 5.92 Å². The van der Waals surface area contributed by atoms with Crippen molar-refractivity contribution in [1.82, 2.24) is 15.1 Å². The molecule has 2 unspecified atom stereocenters. The Hall–Kier alpha value is -0.610. The highest BCUT2D eigenvalue weighted by Gasteiger charge is 2.40. The van der Waals surface area contributed by atoms with Crippen molar-refractivity contribution in [1.29, 1.82) is 0 Å². The van der Waals surface area contributed by atoms with Crippen LogP contribution in [0, 0.1) is 5.92 Å². The van der Waals surface area contributed by atoms with Gasteiger partial charge in [-0.05, 0) is 52.2 Å². The van der Waals surface area contributed by atoms with Gasteiger partial charge in [0, 0.05) is 6.04 Å². The number of nitrogens with zero attached hydrogens (tertiary/aromatic N) is 2. The van der Waals surface area contributed by atoms with E-state index in [4.69, 9.17) is 0 Å². The molecule has 0 bridgehead atoms. The highest BCUT2D eigenvalue weighted by atomic mass is 16.2. The van der Waals surface area contributed by atoms with E-state index < -0.39 is 0 Å². The standard InChI is InChI=1S/C14H27N3O/c1-10(2)9-13-14(18)17(11(3)15-13)12-5-7-16(4)8-6-12/h10-13,15H,5-9H2,1-4H3. The Kier molecular flexibility index (Phi) is 4.28. The van der Waals surface area contributed by atoms with Crippen molar-refractivity contribution in [3.8, 4) is 0 Å². The van der Waals surface area contributed by atoms with Crippen molar-refractivity contribution in [3.05, 3.63) is 0 Å². The fourth-order valence-electron chi connectivity index (χ4n) is 3.22. The summed E-state index contributed by atoms with van der Waals surface area (Å²) in [5.41, 5.74) is 0. The molecular weight excluding hydrogens is 226 g/mol. The number of rotatable bonds is 3. The normalized spacial score (nSPS) is 31.6. The van der Waals surface area contributed by atoms with Crippen LogP contribution in [0.3, 0.4) is 0 Å². The first-order chi connectivity index (χ1) is 8.49. The second kappa shape index (κ2) is 5.57. The first-order valence-electron chi connectivity index (χ1n) is 7.25. The largest absolute Gasteiger partial charge is 0.323 e. The number of nitrogens with one attached hydrogen (secondary N) is 1. The van der Waals surface area contributed by atoms with Gasteiger partial charge < -0.3 is 9.80 Å². The van der Waals surface area contributed by atoms with Crippen LogP contribution in [0.15, 0.2) is 0 Å². The topological polar surface area (TPSA) is 35.6 Å². The van der Waals surface area contributed by atoms with Crippen LogP contribution in [0.2, 0.25) is 0 Å². The lowest BCUT2D eigenvalue weighted by Gasteiger charge is -2.37. The molecule has 4 nitrogen and oxygen atoms in total. The Balaban J connectivity index is 1.98. The first kappa shape index (κ1) is 13.8. The van der Waals surface area contributed by atoms with E-state index in [0.29, 0.717) is 17.9 Å². The Labute approximate surface area is 111 Å².